The van der Waals surface area contributed by atoms with E-state index < -0.39 is 0 Å². The SMILES string of the molecule is CCCCCCCCCCCCCCCCCCCCCCCCCCCCCCCCCCCCCCCCCCCCCCOC(=O)C=Cc1ccc(O)c(OC)c1. The lowest BCUT2D eigenvalue weighted by Crippen LogP contribution is -2.02. The first-order valence-corrected chi connectivity index (χ1v) is 26.9. The van der Waals surface area contributed by atoms with Crippen molar-refractivity contribution in [1.82, 2.24) is 0 Å². The molecule has 0 saturated carbocycles. The Labute approximate surface area is 374 Å². The van der Waals surface area contributed by atoms with Crippen molar-refractivity contribution in [3.05, 3.63) is 29.8 Å². The third-order valence-electron chi connectivity index (χ3n) is 12.9. The number of rotatable bonds is 48. The number of methoxy groups -OCH3 is 1. The summed E-state index contributed by atoms with van der Waals surface area (Å²) >= 11 is 0. The zero-order valence-corrected chi connectivity index (χ0v) is 40.4. The number of aromatic hydroxyl groups is 1. The quantitative estimate of drug-likeness (QED) is 0.0403. The Morgan fingerprint density at radius 3 is 0.967 bits per heavy atom. The lowest BCUT2D eigenvalue weighted by molar-refractivity contribution is -0.137. The molecule has 0 unspecified atom stereocenters. The number of ether oxygens (including phenoxy) is 2. The third-order valence-corrected chi connectivity index (χ3v) is 12.9. The fourth-order valence-electron chi connectivity index (χ4n) is 8.78. The summed E-state index contributed by atoms with van der Waals surface area (Å²) in [4.78, 5) is 12.0. The molecule has 4 heteroatoms. The summed E-state index contributed by atoms with van der Waals surface area (Å²) in [7, 11) is 1.50. The van der Waals surface area contributed by atoms with Crippen LogP contribution in [0.1, 0.15) is 295 Å². The molecule has 0 saturated heterocycles. The molecular formula is C56H102O4. The lowest BCUT2D eigenvalue weighted by atomic mass is 10.0. The second-order valence-electron chi connectivity index (χ2n) is 18.6. The molecular weight excluding hydrogens is 737 g/mol. The molecule has 0 amide bonds. The Morgan fingerprint density at radius 2 is 0.700 bits per heavy atom. The number of esters is 1. The highest BCUT2D eigenvalue weighted by Gasteiger charge is 2.03. The Balaban J connectivity index is 1.65. The summed E-state index contributed by atoms with van der Waals surface area (Å²) in [6.07, 6.45) is 65.9. The van der Waals surface area contributed by atoms with Crippen molar-refractivity contribution < 1.29 is 19.4 Å². The van der Waals surface area contributed by atoms with E-state index in [1.54, 1.807) is 24.3 Å². The van der Waals surface area contributed by atoms with Crippen LogP contribution < -0.4 is 4.74 Å². The van der Waals surface area contributed by atoms with Gasteiger partial charge in [0, 0.05) is 6.08 Å². The second-order valence-corrected chi connectivity index (χ2v) is 18.6. The number of hydrogen-bond donors (Lipinski definition) is 1. The van der Waals surface area contributed by atoms with Crippen LogP contribution in [0.25, 0.3) is 6.08 Å². The predicted molar refractivity (Wildman–Crippen MR) is 263 cm³/mol. The van der Waals surface area contributed by atoms with Gasteiger partial charge in [-0.05, 0) is 30.2 Å². The summed E-state index contributed by atoms with van der Waals surface area (Å²) in [6.45, 7) is 2.78. The van der Waals surface area contributed by atoms with Gasteiger partial charge in [0.25, 0.3) is 0 Å². The van der Waals surface area contributed by atoms with Crippen molar-refractivity contribution in [2.75, 3.05) is 13.7 Å². The molecule has 1 aromatic carbocycles. The zero-order chi connectivity index (χ0) is 43.1. The predicted octanol–water partition coefficient (Wildman–Crippen LogP) is 19.1. The molecule has 0 fully saturated rings. The Morgan fingerprint density at radius 1 is 0.433 bits per heavy atom. The summed E-state index contributed by atoms with van der Waals surface area (Å²) in [5.74, 6) is 0.141. The maximum Gasteiger partial charge on any atom is 0.330 e. The highest BCUT2D eigenvalue weighted by atomic mass is 16.5. The molecule has 1 rings (SSSR count). The van der Waals surface area contributed by atoms with Crippen LogP contribution >= 0.6 is 0 Å². The van der Waals surface area contributed by atoms with Crippen molar-refractivity contribution in [3.63, 3.8) is 0 Å². The van der Waals surface area contributed by atoms with Gasteiger partial charge in [-0.25, -0.2) is 4.79 Å². The number of phenolic OH excluding ortho intramolecular Hbond substituents is 1. The molecule has 60 heavy (non-hydrogen) atoms. The minimum atomic E-state index is -0.329. The van der Waals surface area contributed by atoms with Crippen molar-refractivity contribution in [3.8, 4) is 11.5 Å². The largest absolute Gasteiger partial charge is 0.504 e. The van der Waals surface area contributed by atoms with Crippen molar-refractivity contribution in [1.29, 1.82) is 0 Å². The van der Waals surface area contributed by atoms with E-state index in [0.717, 1.165) is 18.4 Å². The normalized spacial score (nSPS) is 11.6. The fourth-order valence-corrected chi connectivity index (χ4v) is 8.78. The van der Waals surface area contributed by atoms with E-state index in [2.05, 4.69) is 6.92 Å². The molecule has 1 aromatic rings. The molecule has 0 aliphatic rings. The van der Waals surface area contributed by atoms with Crippen LogP contribution in [0.5, 0.6) is 11.5 Å². The van der Waals surface area contributed by atoms with E-state index in [4.69, 9.17) is 9.47 Å². The minimum Gasteiger partial charge on any atom is -0.504 e. The first-order chi connectivity index (χ1) is 29.7. The molecule has 0 aliphatic heterocycles. The van der Waals surface area contributed by atoms with Crippen LogP contribution in [-0.2, 0) is 9.53 Å². The van der Waals surface area contributed by atoms with Gasteiger partial charge in [0.1, 0.15) is 0 Å². The van der Waals surface area contributed by atoms with Gasteiger partial charge in [-0.15, -0.1) is 0 Å². The van der Waals surface area contributed by atoms with E-state index in [0.29, 0.717) is 12.4 Å². The van der Waals surface area contributed by atoms with E-state index in [1.807, 2.05) is 0 Å². The van der Waals surface area contributed by atoms with E-state index >= 15 is 0 Å². The number of carbonyl (C=O) groups excluding carboxylic acids is 1. The molecule has 0 atom stereocenters. The average molecular weight is 839 g/mol. The summed E-state index contributed by atoms with van der Waals surface area (Å²) in [5, 5.41) is 9.67. The summed E-state index contributed by atoms with van der Waals surface area (Å²) in [5.41, 5.74) is 0.781. The van der Waals surface area contributed by atoms with Gasteiger partial charge in [0.05, 0.1) is 13.7 Å². The van der Waals surface area contributed by atoms with Gasteiger partial charge in [-0.3, -0.25) is 0 Å². The number of phenols is 1. The maximum atomic E-state index is 12.0. The monoisotopic (exact) mass is 839 g/mol. The van der Waals surface area contributed by atoms with Gasteiger partial charge in [0.15, 0.2) is 11.5 Å². The third kappa shape index (κ3) is 40.1. The van der Waals surface area contributed by atoms with Crippen LogP contribution in [-0.4, -0.2) is 24.8 Å². The minimum absolute atomic E-state index is 0.0832. The molecule has 4 nitrogen and oxygen atoms in total. The maximum absolute atomic E-state index is 12.0. The molecule has 0 aliphatic carbocycles. The number of carbonyl (C=O) groups is 1. The highest BCUT2D eigenvalue weighted by Crippen LogP contribution is 2.27. The van der Waals surface area contributed by atoms with Crippen molar-refractivity contribution in [2.24, 2.45) is 0 Å². The average Bonchev–Trinajstić information content (AvgIpc) is 3.26. The van der Waals surface area contributed by atoms with E-state index in [1.165, 1.54) is 283 Å². The van der Waals surface area contributed by atoms with Gasteiger partial charge < -0.3 is 14.6 Å². The van der Waals surface area contributed by atoms with Gasteiger partial charge >= 0.3 is 5.97 Å². The zero-order valence-electron chi connectivity index (χ0n) is 40.4. The Kier molecular flexibility index (Phi) is 43.5. The first-order valence-electron chi connectivity index (χ1n) is 26.9. The van der Waals surface area contributed by atoms with Crippen molar-refractivity contribution >= 4 is 12.0 Å². The smallest absolute Gasteiger partial charge is 0.330 e. The second kappa shape index (κ2) is 46.5. The number of unbranched alkanes of at least 4 members (excludes halogenated alkanes) is 43. The molecule has 0 spiro atoms. The van der Waals surface area contributed by atoms with Crippen LogP contribution in [0, 0.1) is 0 Å². The van der Waals surface area contributed by atoms with E-state index in [9.17, 15) is 9.90 Å². The summed E-state index contributed by atoms with van der Waals surface area (Å²) < 4.78 is 10.4. The molecule has 1 N–H and O–H groups in total. The van der Waals surface area contributed by atoms with Gasteiger partial charge in [0.2, 0.25) is 0 Å². The van der Waals surface area contributed by atoms with Crippen LogP contribution in [0.15, 0.2) is 24.3 Å². The van der Waals surface area contributed by atoms with Gasteiger partial charge in [-0.2, -0.15) is 0 Å². The molecule has 0 bridgehead atoms. The first kappa shape index (κ1) is 56.0. The Bertz CT molecular complexity index is 1050. The van der Waals surface area contributed by atoms with Crippen LogP contribution in [0.4, 0.5) is 0 Å². The topological polar surface area (TPSA) is 55.8 Å². The highest BCUT2D eigenvalue weighted by molar-refractivity contribution is 5.87. The van der Waals surface area contributed by atoms with Gasteiger partial charge in [-0.1, -0.05) is 289 Å². The molecule has 350 valence electrons. The fraction of sp³-hybridized carbons (Fsp3) is 0.839. The molecule has 0 heterocycles. The Hall–Kier alpha value is -1.97. The van der Waals surface area contributed by atoms with Crippen LogP contribution in [0.2, 0.25) is 0 Å². The van der Waals surface area contributed by atoms with Crippen LogP contribution in [0.3, 0.4) is 0 Å². The number of hydrogen-bond acceptors (Lipinski definition) is 4. The molecule has 0 aromatic heterocycles. The number of benzene rings is 1. The van der Waals surface area contributed by atoms with E-state index in [-0.39, 0.29) is 11.7 Å². The molecule has 0 radical (unpaired) electrons. The van der Waals surface area contributed by atoms with Crippen molar-refractivity contribution in [2.45, 2.75) is 289 Å². The lowest BCUT2D eigenvalue weighted by Gasteiger charge is -2.05. The summed E-state index contributed by atoms with van der Waals surface area (Å²) in [6, 6.07) is 4.97. The standard InChI is InChI=1S/C56H102O4/c1-3-4-5-6-7-8-9-10-11-12-13-14-15-16-17-18-19-20-21-22-23-24-25-26-27-28-29-30-31-32-33-34-35-36-37-38-39-40-41-42-43-44-45-46-51-60-56(58)50-48-53-47-49-54(57)55(52-53)59-2/h47-50,52,57H,3-46,51H2,1-2H3.